The zero-order valence-corrected chi connectivity index (χ0v) is 16.9. The van der Waals surface area contributed by atoms with Gasteiger partial charge in [0.05, 0.1) is 11.3 Å². The van der Waals surface area contributed by atoms with Gasteiger partial charge in [0.25, 0.3) is 11.8 Å². The summed E-state index contributed by atoms with van der Waals surface area (Å²) in [5.74, 6) is -1.57. The van der Waals surface area contributed by atoms with E-state index in [1.54, 1.807) is 4.90 Å². The van der Waals surface area contributed by atoms with Gasteiger partial charge in [-0.05, 0) is 38.7 Å². The Morgan fingerprint density at radius 1 is 1.11 bits per heavy atom. The highest BCUT2D eigenvalue weighted by atomic mass is 16.3. The van der Waals surface area contributed by atoms with E-state index in [2.05, 4.69) is 5.32 Å². The van der Waals surface area contributed by atoms with E-state index in [-0.39, 0.29) is 11.5 Å². The van der Waals surface area contributed by atoms with Crippen molar-refractivity contribution in [3.8, 4) is 0 Å². The Hall–Kier alpha value is -2.63. The molecule has 6 nitrogen and oxygen atoms in total. The molecule has 2 heterocycles. The largest absolute Gasteiger partial charge is 0.502 e. The Morgan fingerprint density at radius 3 is 2.39 bits per heavy atom. The number of benzene rings is 1. The molecule has 6 heteroatoms. The number of aliphatic hydroxyl groups excluding tert-OH is 1. The SMILES string of the molecule is CNC(=O)/C(O)=C(/C(=O)N1CCCCCC1)C1=NC(C)(C)Cc2ccccc21. The van der Waals surface area contributed by atoms with Gasteiger partial charge in [-0.25, -0.2) is 0 Å². The van der Waals surface area contributed by atoms with E-state index in [9.17, 15) is 14.7 Å². The zero-order valence-electron chi connectivity index (χ0n) is 16.9. The van der Waals surface area contributed by atoms with Crippen LogP contribution in [0.5, 0.6) is 0 Å². The van der Waals surface area contributed by atoms with Gasteiger partial charge >= 0.3 is 0 Å². The fourth-order valence-corrected chi connectivity index (χ4v) is 3.94. The summed E-state index contributed by atoms with van der Waals surface area (Å²) in [5, 5.41) is 13.2. The number of likely N-dealkylation sites (tertiary alicyclic amines) is 1. The summed E-state index contributed by atoms with van der Waals surface area (Å²) in [6.07, 6.45) is 4.75. The summed E-state index contributed by atoms with van der Waals surface area (Å²) in [7, 11) is 1.44. The third-order valence-corrected chi connectivity index (χ3v) is 5.33. The van der Waals surface area contributed by atoms with Gasteiger partial charge < -0.3 is 15.3 Å². The highest BCUT2D eigenvalue weighted by molar-refractivity contribution is 6.31. The lowest BCUT2D eigenvalue weighted by Crippen LogP contribution is -2.40. The molecule has 0 radical (unpaired) electrons. The maximum atomic E-state index is 13.5. The number of nitrogens with one attached hydrogen (secondary N) is 1. The quantitative estimate of drug-likeness (QED) is 0.622. The van der Waals surface area contributed by atoms with Gasteiger partial charge in [0.15, 0.2) is 5.76 Å². The predicted octanol–water partition coefficient (Wildman–Crippen LogP) is 2.77. The molecule has 0 aliphatic carbocycles. The molecule has 3 rings (SSSR count). The first-order valence-electron chi connectivity index (χ1n) is 9.97. The maximum Gasteiger partial charge on any atom is 0.286 e. The highest BCUT2D eigenvalue weighted by Crippen LogP contribution is 2.31. The molecule has 0 aromatic heterocycles. The van der Waals surface area contributed by atoms with E-state index in [0.29, 0.717) is 18.8 Å². The lowest BCUT2D eigenvalue weighted by molar-refractivity contribution is -0.127. The van der Waals surface area contributed by atoms with Crippen LogP contribution in [0.1, 0.15) is 50.7 Å². The van der Waals surface area contributed by atoms with Crippen LogP contribution < -0.4 is 5.32 Å². The first-order chi connectivity index (χ1) is 13.3. The van der Waals surface area contributed by atoms with Crippen LogP contribution in [0.25, 0.3) is 0 Å². The minimum Gasteiger partial charge on any atom is -0.502 e. The van der Waals surface area contributed by atoms with Crippen molar-refractivity contribution in [2.24, 2.45) is 4.99 Å². The van der Waals surface area contributed by atoms with Crippen molar-refractivity contribution in [1.82, 2.24) is 10.2 Å². The topological polar surface area (TPSA) is 82.0 Å². The van der Waals surface area contributed by atoms with Crippen LogP contribution in [0.4, 0.5) is 0 Å². The second kappa shape index (κ2) is 8.17. The van der Waals surface area contributed by atoms with Crippen molar-refractivity contribution in [1.29, 1.82) is 0 Å². The number of nitrogens with zero attached hydrogens (tertiary/aromatic N) is 2. The number of fused-ring (bicyclic) bond motifs is 1. The first-order valence-corrected chi connectivity index (χ1v) is 9.97. The van der Waals surface area contributed by atoms with E-state index < -0.39 is 17.2 Å². The van der Waals surface area contributed by atoms with Crippen molar-refractivity contribution < 1.29 is 14.7 Å². The standard InChI is InChI=1S/C22H29N3O3/c1-22(2)14-15-10-6-7-11-16(15)18(24-22)17(19(26)20(27)23-3)21(28)25-12-8-4-5-9-13-25/h6-7,10-11,26H,4-5,8-9,12-14H2,1-3H3,(H,23,27)/b19-17-. The number of aliphatic hydroxyl groups is 1. The molecule has 1 aromatic rings. The van der Waals surface area contributed by atoms with E-state index in [0.717, 1.165) is 43.2 Å². The summed E-state index contributed by atoms with van der Waals surface area (Å²) in [5.41, 5.74) is 1.83. The third kappa shape index (κ3) is 4.11. The molecule has 1 aromatic carbocycles. The highest BCUT2D eigenvalue weighted by Gasteiger charge is 2.35. The summed E-state index contributed by atoms with van der Waals surface area (Å²) in [6.45, 7) is 5.24. The maximum absolute atomic E-state index is 13.5. The zero-order chi connectivity index (χ0) is 20.3. The molecule has 2 amide bonds. The van der Waals surface area contributed by atoms with E-state index in [1.165, 1.54) is 7.05 Å². The van der Waals surface area contributed by atoms with Crippen molar-refractivity contribution in [2.45, 2.75) is 51.5 Å². The van der Waals surface area contributed by atoms with Gasteiger partial charge in [-0.2, -0.15) is 0 Å². The Bertz CT molecular complexity index is 831. The molecule has 2 aliphatic rings. The van der Waals surface area contributed by atoms with Crippen LogP contribution >= 0.6 is 0 Å². The minimum absolute atomic E-state index is 0.00137. The summed E-state index contributed by atoms with van der Waals surface area (Å²) >= 11 is 0. The van der Waals surface area contributed by atoms with Gasteiger partial charge in [0.2, 0.25) is 0 Å². The van der Waals surface area contributed by atoms with Gasteiger partial charge in [-0.3, -0.25) is 14.6 Å². The lowest BCUT2D eigenvalue weighted by Gasteiger charge is -2.31. The molecule has 150 valence electrons. The van der Waals surface area contributed by atoms with E-state index >= 15 is 0 Å². The van der Waals surface area contributed by atoms with Crippen molar-refractivity contribution in [3.05, 3.63) is 46.7 Å². The Kier molecular flexibility index (Phi) is 5.87. The van der Waals surface area contributed by atoms with E-state index in [1.807, 2.05) is 38.1 Å². The van der Waals surface area contributed by atoms with Crippen LogP contribution in [-0.4, -0.2) is 53.2 Å². The summed E-state index contributed by atoms with van der Waals surface area (Å²) < 4.78 is 0. The van der Waals surface area contributed by atoms with Gasteiger partial charge in [0.1, 0.15) is 5.57 Å². The minimum atomic E-state index is -0.679. The molecule has 28 heavy (non-hydrogen) atoms. The molecule has 2 aliphatic heterocycles. The molecule has 0 saturated carbocycles. The number of carbonyl (C=O) groups is 2. The molecule has 0 spiro atoms. The van der Waals surface area contributed by atoms with Gasteiger partial charge in [0, 0.05) is 25.7 Å². The van der Waals surface area contributed by atoms with Crippen LogP contribution in [0.15, 0.2) is 40.6 Å². The summed E-state index contributed by atoms with van der Waals surface area (Å²) in [4.78, 5) is 32.3. The average Bonchev–Trinajstić information content (AvgIpc) is 2.96. The van der Waals surface area contributed by atoms with Crippen LogP contribution in [-0.2, 0) is 16.0 Å². The molecule has 1 saturated heterocycles. The van der Waals surface area contributed by atoms with Gasteiger partial charge in [-0.15, -0.1) is 0 Å². The molecular weight excluding hydrogens is 354 g/mol. The Labute approximate surface area is 166 Å². The van der Waals surface area contributed by atoms with Crippen LogP contribution in [0, 0.1) is 0 Å². The van der Waals surface area contributed by atoms with Crippen molar-refractivity contribution in [2.75, 3.05) is 20.1 Å². The molecular formula is C22H29N3O3. The number of hydrogen-bond acceptors (Lipinski definition) is 4. The predicted molar refractivity (Wildman–Crippen MR) is 110 cm³/mol. The Morgan fingerprint density at radius 2 is 1.75 bits per heavy atom. The number of likely N-dealkylation sites (N-methyl/N-ethyl adjacent to an activating group) is 1. The molecule has 0 unspecified atom stereocenters. The fraction of sp³-hybridized carbons (Fsp3) is 0.500. The second-order valence-electron chi connectivity index (χ2n) is 8.12. The molecule has 0 atom stereocenters. The normalized spacial score (nSPS) is 19.7. The number of rotatable bonds is 3. The molecule has 2 N–H and O–H groups in total. The van der Waals surface area contributed by atoms with Crippen LogP contribution in [0.2, 0.25) is 0 Å². The average molecular weight is 383 g/mol. The number of aliphatic imine (C=N–C) groups is 1. The number of hydrogen-bond donors (Lipinski definition) is 2. The number of carbonyl (C=O) groups excluding carboxylic acids is 2. The van der Waals surface area contributed by atoms with Gasteiger partial charge in [-0.1, -0.05) is 37.1 Å². The smallest absolute Gasteiger partial charge is 0.286 e. The number of amides is 2. The van der Waals surface area contributed by atoms with Crippen LogP contribution in [0.3, 0.4) is 0 Å². The second-order valence-corrected chi connectivity index (χ2v) is 8.12. The molecule has 0 bridgehead atoms. The Balaban J connectivity index is 2.15. The third-order valence-electron chi connectivity index (χ3n) is 5.33. The first kappa shape index (κ1) is 20.1. The van der Waals surface area contributed by atoms with Crippen molar-refractivity contribution >= 4 is 17.5 Å². The van der Waals surface area contributed by atoms with E-state index in [4.69, 9.17) is 4.99 Å². The van der Waals surface area contributed by atoms with Crippen molar-refractivity contribution in [3.63, 3.8) is 0 Å². The fourth-order valence-electron chi connectivity index (χ4n) is 3.94. The molecule has 1 fully saturated rings. The lowest BCUT2D eigenvalue weighted by atomic mass is 9.84. The summed E-state index contributed by atoms with van der Waals surface area (Å²) in [6, 6.07) is 7.75. The monoisotopic (exact) mass is 383 g/mol.